The molecule has 0 aliphatic heterocycles. The van der Waals surface area contributed by atoms with Crippen molar-refractivity contribution in [2.24, 2.45) is 5.73 Å². The van der Waals surface area contributed by atoms with E-state index in [1.54, 1.807) is 0 Å². The Bertz CT molecular complexity index is 550. The van der Waals surface area contributed by atoms with Crippen LogP contribution < -0.4 is 15.8 Å². The van der Waals surface area contributed by atoms with Crippen LogP contribution in [0.4, 0.5) is 13.2 Å². The molecule has 1 aromatic rings. The van der Waals surface area contributed by atoms with Gasteiger partial charge in [-0.25, -0.2) is 0 Å². The Morgan fingerprint density at radius 1 is 1.25 bits per heavy atom. The molecule has 1 rings (SSSR count). The van der Waals surface area contributed by atoms with E-state index >= 15 is 0 Å². The lowest BCUT2D eigenvalue weighted by atomic mass is 10.0. The quantitative estimate of drug-likeness (QED) is 0.748. The zero-order valence-electron chi connectivity index (χ0n) is 12.9. The Morgan fingerprint density at radius 3 is 2.21 bits per heavy atom. The zero-order valence-corrected chi connectivity index (χ0v) is 13.7. The molecule has 136 valence electrons. The van der Waals surface area contributed by atoms with Crippen molar-refractivity contribution in [2.75, 3.05) is 7.11 Å². The molecule has 0 aliphatic rings. The Morgan fingerprint density at radius 2 is 1.79 bits per heavy atom. The fourth-order valence-electron chi connectivity index (χ4n) is 1.71. The summed E-state index contributed by atoms with van der Waals surface area (Å²) >= 11 is 0. The van der Waals surface area contributed by atoms with Crippen molar-refractivity contribution in [1.82, 2.24) is 5.32 Å². The predicted octanol–water partition coefficient (Wildman–Crippen LogP) is 2.07. The van der Waals surface area contributed by atoms with Crippen molar-refractivity contribution in [2.45, 2.75) is 31.8 Å². The maximum absolute atomic E-state index is 12.1. The highest BCUT2D eigenvalue weighted by Crippen LogP contribution is 2.25. The van der Waals surface area contributed by atoms with E-state index in [9.17, 15) is 22.8 Å². The number of hydrogen-bond acceptors (Lipinski definition) is 5. The highest BCUT2D eigenvalue weighted by Gasteiger charge is 2.31. The molecular formula is C14H18ClF3N2O4. The molecule has 10 heteroatoms. The van der Waals surface area contributed by atoms with E-state index in [4.69, 9.17) is 5.73 Å². The number of benzene rings is 1. The Kier molecular flexibility index (Phi) is 8.56. The lowest BCUT2D eigenvalue weighted by Crippen LogP contribution is -2.41. The van der Waals surface area contributed by atoms with Crippen LogP contribution in [0.2, 0.25) is 0 Å². The number of amides is 1. The van der Waals surface area contributed by atoms with Gasteiger partial charge in [0.05, 0.1) is 25.6 Å². The van der Waals surface area contributed by atoms with Crippen LogP contribution in [0, 0.1) is 0 Å². The Balaban J connectivity index is 0.00000529. The van der Waals surface area contributed by atoms with Crippen molar-refractivity contribution in [1.29, 1.82) is 0 Å². The minimum Gasteiger partial charge on any atom is -0.469 e. The molecule has 3 N–H and O–H groups in total. The van der Waals surface area contributed by atoms with Crippen LogP contribution in [0.5, 0.6) is 5.75 Å². The number of nitrogens with one attached hydrogen (secondary N) is 1. The lowest BCUT2D eigenvalue weighted by Gasteiger charge is -2.20. The fraction of sp³-hybridized carbons (Fsp3) is 0.429. The van der Waals surface area contributed by atoms with E-state index in [1.165, 1.54) is 26.2 Å². The molecule has 24 heavy (non-hydrogen) atoms. The van der Waals surface area contributed by atoms with Gasteiger partial charge in [-0.05, 0) is 24.6 Å². The number of nitrogens with two attached hydrogens (primary N) is 1. The van der Waals surface area contributed by atoms with E-state index in [-0.39, 0.29) is 18.8 Å². The predicted molar refractivity (Wildman–Crippen MR) is 81.5 cm³/mol. The second-order valence-electron chi connectivity index (χ2n) is 4.75. The summed E-state index contributed by atoms with van der Waals surface area (Å²) in [6.45, 7) is 1.46. The summed E-state index contributed by atoms with van der Waals surface area (Å²) in [5.41, 5.74) is 5.86. The van der Waals surface area contributed by atoms with Crippen LogP contribution in [0.3, 0.4) is 0 Å². The Hall–Kier alpha value is -2.00. The Labute approximate surface area is 142 Å². The molecule has 1 aromatic carbocycles. The first-order valence-corrected chi connectivity index (χ1v) is 6.61. The molecule has 2 atom stereocenters. The van der Waals surface area contributed by atoms with Gasteiger partial charge in [-0.3, -0.25) is 9.59 Å². The smallest absolute Gasteiger partial charge is 0.469 e. The average molecular weight is 371 g/mol. The molecule has 0 aromatic heterocycles. The van der Waals surface area contributed by atoms with E-state index in [0.29, 0.717) is 5.56 Å². The number of esters is 1. The summed E-state index contributed by atoms with van der Waals surface area (Å²) in [6, 6.07) is 3.23. The number of rotatable bonds is 6. The second-order valence-corrected chi connectivity index (χ2v) is 4.75. The van der Waals surface area contributed by atoms with E-state index < -0.39 is 36.1 Å². The van der Waals surface area contributed by atoms with Crippen LogP contribution >= 0.6 is 12.4 Å². The minimum absolute atomic E-state index is 0. The number of carbonyl (C=O) groups is 2. The van der Waals surface area contributed by atoms with Crippen LogP contribution in [0.1, 0.15) is 24.9 Å². The minimum atomic E-state index is -4.80. The number of ether oxygens (including phenoxy) is 2. The van der Waals surface area contributed by atoms with Gasteiger partial charge in [0.2, 0.25) is 5.91 Å². The fourth-order valence-corrected chi connectivity index (χ4v) is 1.71. The van der Waals surface area contributed by atoms with Gasteiger partial charge in [0.25, 0.3) is 0 Å². The molecule has 0 saturated carbocycles. The van der Waals surface area contributed by atoms with Crippen LogP contribution in [-0.2, 0) is 14.3 Å². The number of halogens is 4. The van der Waals surface area contributed by atoms with Gasteiger partial charge in [-0.15, -0.1) is 25.6 Å². The van der Waals surface area contributed by atoms with E-state index in [1.807, 2.05) is 0 Å². The molecular weight excluding hydrogens is 353 g/mol. The summed E-state index contributed by atoms with van der Waals surface area (Å²) in [5, 5.41) is 2.54. The summed E-state index contributed by atoms with van der Waals surface area (Å²) in [5.74, 6) is -1.50. The van der Waals surface area contributed by atoms with Crippen molar-refractivity contribution in [3.8, 4) is 5.75 Å². The van der Waals surface area contributed by atoms with Crippen LogP contribution in [0.15, 0.2) is 24.3 Å². The van der Waals surface area contributed by atoms with Gasteiger partial charge >= 0.3 is 12.3 Å². The average Bonchev–Trinajstić information content (AvgIpc) is 2.45. The lowest BCUT2D eigenvalue weighted by molar-refractivity contribution is -0.274. The molecule has 1 unspecified atom stereocenters. The normalized spacial score (nSPS) is 13.2. The third-order valence-corrected chi connectivity index (χ3v) is 2.84. The third kappa shape index (κ3) is 7.51. The van der Waals surface area contributed by atoms with Crippen LogP contribution in [0.25, 0.3) is 0 Å². The molecule has 0 aliphatic carbocycles. The molecule has 0 bridgehead atoms. The monoisotopic (exact) mass is 370 g/mol. The van der Waals surface area contributed by atoms with Crippen molar-refractivity contribution in [3.63, 3.8) is 0 Å². The van der Waals surface area contributed by atoms with Gasteiger partial charge in [-0.1, -0.05) is 12.1 Å². The summed E-state index contributed by atoms with van der Waals surface area (Å²) in [6.07, 6.45) is -4.98. The first-order chi connectivity index (χ1) is 10.6. The molecule has 6 nitrogen and oxygen atoms in total. The molecule has 1 amide bonds. The van der Waals surface area contributed by atoms with Gasteiger partial charge in [0, 0.05) is 0 Å². The zero-order chi connectivity index (χ0) is 17.6. The number of alkyl halides is 3. The number of carbonyl (C=O) groups excluding carboxylic acids is 2. The SMILES string of the molecule is COC(=O)CC(NC(=O)[C@@H](C)N)c1ccc(OC(F)(F)F)cc1.Cl. The standard InChI is InChI=1S/C14H17F3N2O4.ClH/c1-8(18)13(21)19-11(7-12(20)22-2)9-3-5-10(6-4-9)23-14(15,16)17;/h3-6,8,11H,7,18H2,1-2H3,(H,19,21);1H/t8-,11?;/m1./s1. The van der Waals surface area contributed by atoms with Gasteiger partial charge in [0.1, 0.15) is 5.75 Å². The van der Waals surface area contributed by atoms with E-state index in [2.05, 4.69) is 14.8 Å². The summed E-state index contributed by atoms with van der Waals surface area (Å²) in [7, 11) is 1.19. The first-order valence-electron chi connectivity index (χ1n) is 6.61. The van der Waals surface area contributed by atoms with Crippen molar-refractivity contribution < 1.29 is 32.2 Å². The number of hydrogen-bond donors (Lipinski definition) is 2. The molecule has 0 saturated heterocycles. The highest BCUT2D eigenvalue weighted by molar-refractivity contribution is 5.85. The third-order valence-electron chi connectivity index (χ3n) is 2.84. The van der Waals surface area contributed by atoms with E-state index in [0.717, 1.165) is 12.1 Å². The maximum atomic E-state index is 12.1. The van der Waals surface area contributed by atoms with Crippen molar-refractivity contribution >= 4 is 24.3 Å². The largest absolute Gasteiger partial charge is 0.573 e. The van der Waals surface area contributed by atoms with Crippen LogP contribution in [-0.4, -0.2) is 31.4 Å². The summed E-state index contributed by atoms with van der Waals surface area (Å²) < 4.78 is 44.7. The topological polar surface area (TPSA) is 90.7 Å². The van der Waals surface area contributed by atoms with Gasteiger partial charge in [0.15, 0.2) is 0 Å². The summed E-state index contributed by atoms with van der Waals surface area (Å²) in [4.78, 5) is 23.1. The maximum Gasteiger partial charge on any atom is 0.573 e. The highest BCUT2D eigenvalue weighted by atomic mass is 35.5. The second kappa shape index (κ2) is 9.33. The van der Waals surface area contributed by atoms with Gasteiger partial charge in [-0.2, -0.15) is 0 Å². The molecule has 0 radical (unpaired) electrons. The molecule has 0 heterocycles. The van der Waals surface area contributed by atoms with Gasteiger partial charge < -0.3 is 20.5 Å². The molecule has 0 spiro atoms. The molecule has 0 fully saturated rings. The first kappa shape index (κ1) is 22.0. The van der Waals surface area contributed by atoms with Crippen molar-refractivity contribution in [3.05, 3.63) is 29.8 Å². The number of methoxy groups -OCH3 is 1.